The van der Waals surface area contributed by atoms with E-state index in [0.717, 1.165) is 30.3 Å². The third-order valence-electron chi connectivity index (χ3n) is 5.43. The number of esters is 1. The van der Waals surface area contributed by atoms with Gasteiger partial charge in [-0.1, -0.05) is 0 Å². The summed E-state index contributed by atoms with van der Waals surface area (Å²) in [6, 6.07) is 9.39. The molecule has 8 nitrogen and oxygen atoms in total. The highest BCUT2D eigenvalue weighted by Crippen LogP contribution is 2.36. The molecule has 162 valence electrons. The number of hydrogen-bond donors (Lipinski definition) is 1. The van der Waals surface area contributed by atoms with Gasteiger partial charge in [-0.2, -0.15) is 0 Å². The van der Waals surface area contributed by atoms with Gasteiger partial charge in [-0.15, -0.1) is 0 Å². The number of aromatic amines is 1. The average Bonchev–Trinajstić information content (AvgIpc) is 3.28. The Hall–Kier alpha value is -3.55. The van der Waals surface area contributed by atoms with Gasteiger partial charge in [-0.25, -0.2) is 14.2 Å². The zero-order chi connectivity index (χ0) is 22.0. The maximum Gasteiger partial charge on any atom is 0.338 e. The molecule has 8 heteroatoms. The molecule has 1 N–H and O–H groups in total. The van der Waals surface area contributed by atoms with E-state index in [1.54, 1.807) is 19.1 Å². The molecule has 0 saturated heterocycles. The van der Waals surface area contributed by atoms with E-state index in [-0.39, 0.29) is 12.7 Å². The molecule has 31 heavy (non-hydrogen) atoms. The van der Waals surface area contributed by atoms with Gasteiger partial charge in [0, 0.05) is 0 Å². The van der Waals surface area contributed by atoms with Crippen LogP contribution in [0.2, 0.25) is 0 Å². The van der Waals surface area contributed by atoms with Crippen molar-refractivity contribution in [3.8, 4) is 17.2 Å². The van der Waals surface area contributed by atoms with Gasteiger partial charge in [0.25, 0.3) is 5.56 Å². The molecule has 0 unspecified atom stereocenters. The lowest BCUT2D eigenvalue weighted by molar-refractivity contribution is 0.0526. The number of hydrogen-bond acceptors (Lipinski definition) is 6. The van der Waals surface area contributed by atoms with Crippen LogP contribution >= 0.6 is 0 Å². The van der Waals surface area contributed by atoms with Crippen molar-refractivity contribution >= 4 is 16.9 Å². The molecule has 4 rings (SSSR count). The minimum absolute atomic E-state index is 0.0286. The molecule has 1 saturated carbocycles. The molecule has 3 aromatic rings. The molecule has 1 aromatic heterocycles. The highest BCUT2D eigenvalue weighted by molar-refractivity contribution is 5.89. The number of benzene rings is 2. The normalized spacial score (nSPS) is 14.0. The summed E-state index contributed by atoms with van der Waals surface area (Å²) in [5, 5.41) is 0.308. The number of carbonyl (C=O) groups is 1. The first-order chi connectivity index (χ1) is 15.0. The van der Waals surface area contributed by atoms with Crippen molar-refractivity contribution in [2.45, 2.75) is 38.7 Å². The van der Waals surface area contributed by atoms with Crippen molar-refractivity contribution < 1.29 is 19.0 Å². The number of nitrogens with one attached hydrogen (secondary N) is 1. The van der Waals surface area contributed by atoms with Crippen LogP contribution in [0.25, 0.3) is 16.6 Å². The standard InChI is InChI=1S/C23H24N2O6/c1-3-30-22(27)14-8-10-15(11-9-14)25-21(26)17-12-13-18(29-2)20(19(17)24-23(25)28)31-16-6-4-5-7-16/h8-13,16H,3-7H2,1-2H3,(H,24,28). The minimum Gasteiger partial charge on any atom is -0.493 e. The van der Waals surface area contributed by atoms with Gasteiger partial charge in [0.1, 0.15) is 5.52 Å². The van der Waals surface area contributed by atoms with Crippen LogP contribution in [-0.4, -0.2) is 35.3 Å². The van der Waals surface area contributed by atoms with Crippen LogP contribution in [-0.2, 0) is 4.74 Å². The quantitative estimate of drug-likeness (QED) is 0.610. The number of ether oxygens (including phenoxy) is 3. The van der Waals surface area contributed by atoms with E-state index in [9.17, 15) is 14.4 Å². The van der Waals surface area contributed by atoms with Crippen LogP contribution in [0, 0.1) is 0 Å². The minimum atomic E-state index is -0.606. The summed E-state index contributed by atoms with van der Waals surface area (Å²) >= 11 is 0. The van der Waals surface area contributed by atoms with Crippen LogP contribution in [0.3, 0.4) is 0 Å². The van der Waals surface area contributed by atoms with E-state index in [4.69, 9.17) is 14.2 Å². The zero-order valence-electron chi connectivity index (χ0n) is 17.5. The molecule has 0 amide bonds. The number of methoxy groups -OCH3 is 1. The summed E-state index contributed by atoms with van der Waals surface area (Å²) in [6.07, 6.45) is 4.05. The topological polar surface area (TPSA) is 99.6 Å². The van der Waals surface area contributed by atoms with E-state index >= 15 is 0 Å². The summed E-state index contributed by atoms with van der Waals surface area (Å²) in [4.78, 5) is 40.7. The Balaban J connectivity index is 1.81. The lowest BCUT2D eigenvalue weighted by atomic mass is 10.2. The second-order valence-corrected chi connectivity index (χ2v) is 7.38. The fraction of sp³-hybridized carbons (Fsp3) is 0.348. The van der Waals surface area contributed by atoms with Crippen LogP contribution in [0.5, 0.6) is 11.5 Å². The predicted octanol–water partition coefficient (Wildman–Crippen LogP) is 3.19. The Morgan fingerprint density at radius 1 is 1.10 bits per heavy atom. The molecule has 0 spiro atoms. The molecule has 1 aliphatic carbocycles. The van der Waals surface area contributed by atoms with Crippen LogP contribution in [0.4, 0.5) is 0 Å². The van der Waals surface area contributed by atoms with Crippen molar-refractivity contribution in [2.75, 3.05) is 13.7 Å². The SMILES string of the molecule is CCOC(=O)c1ccc(-n2c(=O)[nH]c3c(OC4CCCC4)c(OC)ccc3c2=O)cc1. The fourth-order valence-electron chi connectivity index (χ4n) is 3.89. The maximum absolute atomic E-state index is 13.2. The molecule has 0 aliphatic heterocycles. The van der Waals surface area contributed by atoms with E-state index in [1.165, 1.54) is 31.4 Å². The highest BCUT2D eigenvalue weighted by Gasteiger charge is 2.22. The third-order valence-corrected chi connectivity index (χ3v) is 5.43. The predicted molar refractivity (Wildman–Crippen MR) is 116 cm³/mol. The summed E-state index contributed by atoms with van der Waals surface area (Å²) in [7, 11) is 1.52. The number of carbonyl (C=O) groups excluding carboxylic acids is 1. The first kappa shape index (κ1) is 20.7. The molecule has 0 bridgehead atoms. The first-order valence-corrected chi connectivity index (χ1v) is 10.3. The van der Waals surface area contributed by atoms with Gasteiger partial charge >= 0.3 is 11.7 Å². The maximum atomic E-state index is 13.2. The molecular weight excluding hydrogens is 400 g/mol. The molecule has 0 atom stereocenters. The lowest BCUT2D eigenvalue weighted by Gasteiger charge is -2.18. The summed E-state index contributed by atoms with van der Waals surface area (Å²) < 4.78 is 17.5. The Labute approximate surface area is 178 Å². The highest BCUT2D eigenvalue weighted by atomic mass is 16.5. The van der Waals surface area contributed by atoms with E-state index in [2.05, 4.69) is 4.98 Å². The number of fused-ring (bicyclic) bond motifs is 1. The first-order valence-electron chi connectivity index (χ1n) is 10.3. The monoisotopic (exact) mass is 424 g/mol. The van der Waals surface area contributed by atoms with E-state index < -0.39 is 17.2 Å². The summed E-state index contributed by atoms with van der Waals surface area (Å²) in [5.41, 5.74) is -0.0868. The van der Waals surface area contributed by atoms with Gasteiger partial charge < -0.3 is 19.2 Å². The summed E-state index contributed by atoms with van der Waals surface area (Å²) in [5.74, 6) is 0.381. The number of nitrogens with zero attached hydrogens (tertiary/aromatic N) is 1. The largest absolute Gasteiger partial charge is 0.493 e. The van der Waals surface area contributed by atoms with E-state index in [1.807, 2.05) is 0 Å². The Morgan fingerprint density at radius 2 is 1.81 bits per heavy atom. The molecule has 1 aliphatic rings. The Bertz CT molecular complexity index is 1220. The number of aromatic nitrogens is 2. The van der Waals surface area contributed by atoms with Gasteiger partial charge in [-0.3, -0.25) is 4.79 Å². The lowest BCUT2D eigenvalue weighted by Crippen LogP contribution is -2.33. The Morgan fingerprint density at radius 3 is 2.45 bits per heavy atom. The van der Waals surface area contributed by atoms with Gasteiger partial charge in [-0.05, 0) is 69.0 Å². The Kier molecular flexibility index (Phi) is 5.79. The van der Waals surface area contributed by atoms with E-state index in [0.29, 0.717) is 33.7 Å². The molecular formula is C23H24N2O6. The second-order valence-electron chi connectivity index (χ2n) is 7.38. The van der Waals surface area contributed by atoms with Crippen molar-refractivity contribution in [3.05, 3.63) is 62.8 Å². The van der Waals surface area contributed by atoms with Gasteiger partial charge in [0.05, 0.1) is 36.5 Å². The fourth-order valence-corrected chi connectivity index (χ4v) is 3.89. The molecule has 2 aromatic carbocycles. The summed E-state index contributed by atoms with van der Waals surface area (Å²) in [6.45, 7) is 1.99. The zero-order valence-corrected chi connectivity index (χ0v) is 17.5. The molecule has 1 heterocycles. The second kappa shape index (κ2) is 8.67. The van der Waals surface area contributed by atoms with Crippen LogP contribution in [0.15, 0.2) is 46.0 Å². The van der Waals surface area contributed by atoms with Crippen LogP contribution in [0.1, 0.15) is 43.0 Å². The van der Waals surface area contributed by atoms with Crippen molar-refractivity contribution in [1.82, 2.24) is 9.55 Å². The van der Waals surface area contributed by atoms with Crippen LogP contribution < -0.4 is 20.7 Å². The molecule has 0 radical (unpaired) electrons. The smallest absolute Gasteiger partial charge is 0.338 e. The third kappa shape index (κ3) is 3.93. The number of H-pyrrole nitrogens is 1. The number of rotatable bonds is 6. The van der Waals surface area contributed by atoms with Gasteiger partial charge in [0.15, 0.2) is 11.5 Å². The van der Waals surface area contributed by atoms with Gasteiger partial charge in [0.2, 0.25) is 0 Å². The van der Waals surface area contributed by atoms with Crippen molar-refractivity contribution in [3.63, 3.8) is 0 Å². The average molecular weight is 424 g/mol. The van der Waals surface area contributed by atoms with Crippen molar-refractivity contribution in [1.29, 1.82) is 0 Å². The van der Waals surface area contributed by atoms with Crippen molar-refractivity contribution in [2.24, 2.45) is 0 Å². The molecule has 1 fully saturated rings.